The van der Waals surface area contributed by atoms with Crippen molar-refractivity contribution in [3.8, 4) is 11.5 Å². The highest BCUT2D eigenvalue weighted by atomic mass is 16.5. The highest BCUT2D eigenvalue weighted by molar-refractivity contribution is 5.90. The maximum Gasteiger partial charge on any atom is 0.225 e. The van der Waals surface area contributed by atoms with E-state index < -0.39 is 0 Å². The molecule has 0 saturated carbocycles. The summed E-state index contributed by atoms with van der Waals surface area (Å²) in [6, 6.07) is 17.0. The lowest BCUT2D eigenvalue weighted by molar-refractivity contribution is -0.116. The summed E-state index contributed by atoms with van der Waals surface area (Å²) in [5.41, 5.74) is 0.768. The van der Waals surface area contributed by atoms with Crippen LogP contribution < -0.4 is 15.4 Å². The van der Waals surface area contributed by atoms with Crippen LogP contribution in [0.2, 0.25) is 0 Å². The Morgan fingerprint density at radius 2 is 1.84 bits per heavy atom. The van der Waals surface area contributed by atoms with Crippen LogP contribution in [0.3, 0.4) is 0 Å². The Bertz CT molecular complexity index is 652. The first kappa shape index (κ1) is 17.5. The molecule has 1 amide bonds. The molecule has 1 aliphatic rings. The quantitative estimate of drug-likeness (QED) is 0.721. The zero-order chi connectivity index (χ0) is 17.3. The van der Waals surface area contributed by atoms with Crippen molar-refractivity contribution < 1.29 is 14.3 Å². The molecule has 2 aromatic rings. The number of nitrogens with one attached hydrogen (secondary N) is 2. The van der Waals surface area contributed by atoms with Crippen molar-refractivity contribution in [3.05, 3.63) is 54.6 Å². The Kier molecular flexibility index (Phi) is 6.42. The number of amides is 1. The minimum Gasteiger partial charge on any atom is -0.457 e. The molecule has 0 spiro atoms. The van der Waals surface area contributed by atoms with E-state index in [4.69, 9.17) is 9.47 Å². The maximum absolute atomic E-state index is 12.0. The van der Waals surface area contributed by atoms with Gasteiger partial charge in [0, 0.05) is 31.8 Å². The van der Waals surface area contributed by atoms with Gasteiger partial charge in [0.05, 0.1) is 6.10 Å². The van der Waals surface area contributed by atoms with Crippen molar-refractivity contribution >= 4 is 11.6 Å². The first-order valence-corrected chi connectivity index (χ1v) is 8.75. The van der Waals surface area contributed by atoms with Gasteiger partial charge >= 0.3 is 0 Å². The SMILES string of the molecule is O=C(CCNCC1CCCO1)Nc1ccc(Oc2ccccc2)cc1. The molecule has 1 atom stereocenters. The smallest absolute Gasteiger partial charge is 0.225 e. The van der Waals surface area contributed by atoms with Gasteiger partial charge in [0.25, 0.3) is 0 Å². The maximum atomic E-state index is 12.0. The topological polar surface area (TPSA) is 59.6 Å². The molecular weight excluding hydrogens is 316 g/mol. The summed E-state index contributed by atoms with van der Waals surface area (Å²) in [6.45, 7) is 2.33. The van der Waals surface area contributed by atoms with Crippen LogP contribution in [0, 0.1) is 0 Å². The zero-order valence-electron chi connectivity index (χ0n) is 14.2. The van der Waals surface area contributed by atoms with E-state index in [-0.39, 0.29) is 5.91 Å². The number of para-hydroxylation sites is 1. The fourth-order valence-corrected chi connectivity index (χ4v) is 2.72. The van der Waals surface area contributed by atoms with Gasteiger partial charge in [-0.25, -0.2) is 0 Å². The highest BCUT2D eigenvalue weighted by Crippen LogP contribution is 2.22. The average Bonchev–Trinajstić information content (AvgIpc) is 3.15. The fourth-order valence-electron chi connectivity index (χ4n) is 2.72. The number of benzene rings is 2. The van der Waals surface area contributed by atoms with E-state index in [1.165, 1.54) is 0 Å². The van der Waals surface area contributed by atoms with E-state index >= 15 is 0 Å². The van der Waals surface area contributed by atoms with Gasteiger partial charge in [0.15, 0.2) is 0 Å². The third-order valence-corrected chi connectivity index (χ3v) is 4.04. The van der Waals surface area contributed by atoms with E-state index in [9.17, 15) is 4.79 Å². The normalized spacial score (nSPS) is 16.6. The van der Waals surface area contributed by atoms with E-state index in [1.807, 2.05) is 54.6 Å². The standard InChI is InChI=1S/C20H24N2O3/c23-20(12-13-21-15-19-7-4-14-24-19)22-16-8-10-18(11-9-16)25-17-5-2-1-3-6-17/h1-3,5-6,8-11,19,21H,4,7,12-15H2,(H,22,23). The predicted molar refractivity (Wildman–Crippen MR) is 98.0 cm³/mol. The monoisotopic (exact) mass is 340 g/mol. The molecule has 3 rings (SSSR count). The lowest BCUT2D eigenvalue weighted by atomic mass is 10.2. The Morgan fingerprint density at radius 3 is 2.56 bits per heavy atom. The summed E-state index contributed by atoms with van der Waals surface area (Å²) in [4.78, 5) is 12.0. The zero-order valence-corrected chi connectivity index (χ0v) is 14.2. The van der Waals surface area contributed by atoms with Gasteiger partial charge in [0.2, 0.25) is 5.91 Å². The van der Waals surface area contributed by atoms with Gasteiger partial charge in [-0.15, -0.1) is 0 Å². The molecule has 25 heavy (non-hydrogen) atoms. The van der Waals surface area contributed by atoms with Crippen LogP contribution in [0.5, 0.6) is 11.5 Å². The number of hydrogen-bond acceptors (Lipinski definition) is 4. The molecule has 1 fully saturated rings. The average molecular weight is 340 g/mol. The summed E-state index contributed by atoms with van der Waals surface area (Å²) in [6.07, 6.45) is 2.99. The number of anilines is 1. The second-order valence-electron chi connectivity index (χ2n) is 6.08. The van der Waals surface area contributed by atoms with Gasteiger partial charge in [-0.05, 0) is 49.2 Å². The molecule has 5 nitrogen and oxygen atoms in total. The van der Waals surface area contributed by atoms with Crippen LogP contribution in [0.15, 0.2) is 54.6 Å². The van der Waals surface area contributed by atoms with Crippen LogP contribution in [0.25, 0.3) is 0 Å². The molecule has 0 bridgehead atoms. The summed E-state index contributed by atoms with van der Waals surface area (Å²) in [5.74, 6) is 1.52. The highest BCUT2D eigenvalue weighted by Gasteiger charge is 2.14. The summed E-state index contributed by atoms with van der Waals surface area (Å²) in [7, 11) is 0. The predicted octanol–water partition coefficient (Wildman–Crippen LogP) is 3.58. The van der Waals surface area contributed by atoms with E-state index in [0.29, 0.717) is 19.1 Å². The number of ether oxygens (including phenoxy) is 2. The summed E-state index contributed by atoms with van der Waals surface area (Å²) >= 11 is 0. The Hall–Kier alpha value is -2.37. The molecule has 1 aliphatic heterocycles. The minimum absolute atomic E-state index is 0.00318. The number of carbonyl (C=O) groups is 1. The van der Waals surface area contributed by atoms with Crippen LogP contribution in [0.1, 0.15) is 19.3 Å². The van der Waals surface area contributed by atoms with Crippen LogP contribution in [-0.2, 0) is 9.53 Å². The molecule has 2 N–H and O–H groups in total. The van der Waals surface area contributed by atoms with Gasteiger partial charge in [-0.1, -0.05) is 18.2 Å². The molecule has 0 aromatic heterocycles. The molecule has 1 unspecified atom stereocenters. The molecule has 1 heterocycles. The Morgan fingerprint density at radius 1 is 1.08 bits per heavy atom. The van der Waals surface area contributed by atoms with Crippen molar-refractivity contribution in [1.29, 1.82) is 0 Å². The van der Waals surface area contributed by atoms with Crippen molar-refractivity contribution in [2.45, 2.75) is 25.4 Å². The number of carbonyl (C=O) groups excluding carboxylic acids is 1. The third kappa shape index (κ3) is 5.89. The molecule has 5 heteroatoms. The van der Waals surface area contributed by atoms with Crippen molar-refractivity contribution in [2.24, 2.45) is 0 Å². The van der Waals surface area contributed by atoms with Crippen LogP contribution >= 0.6 is 0 Å². The van der Waals surface area contributed by atoms with Gasteiger partial charge < -0.3 is 20.1 Å². The lowest BCUT2D eigenvalue weighted by Gasteiger charge is -2.11. The molecular formula is C20H24N2O3. The van der Waals surface area contributed by atoms with Crippen molar-refractivity contribution in [1.82, 2.24) is 5.32 Å². The largest absolute Gasteiger partial charge is 0.457 e. The first-order chi connectivity index (χ1) is 12.3. The van der Waals surface area contributed by atoms with Crippen LogP contribution in [-0.4, -0.2) is 31.7 Å². The second-order valence-corrected chi connectivity index (χ2v) is 6.08. The van der Waals surface area contributed by atoms with Gasteiger partial charge in [0.1, 0.15) is 11.5 Å². The van der Waals surface area contributed by atoms with Gasteiger partial charge in [-0.2, -0.15) is 0 Å². The number of rotatable bonds is 8. The summed E-state index contributed by atoms with van der Waals surface area (Å²) < 4.78 is 11.3. The van der Waals surface area contributed by atoms with E-state index in [0.717, 1.165) is 43.2 Å². The van der Waals surface area contributed by atoms with Crippen LogP contribution in [0.4, 0.5) is 5.69 Å². The lowest BCUT2D eigenvalue weighted by Crippen LogP contribution is -2.29. The Labute approximate surface area is 148 Å². The number of hydrogen-bond donors (Lipinski definition) is 2. The molecule has 1 saturated heterocycles. The molecule has 0 radical (unpaired) electrons. The van der Waals surface area contributed by atoms with E-state index in [1.54, 1.807) is 0 Å². The van der Waals surface area contributed by atoms with Crippen molar-refractivity contribution in [2.75, 3.05) is 25.0 Å². The third-order valence-electron chi connectivity index (χ3n) is 4.04. The second kappa shape index (κ2) is 9.20. The minimum atomic E-state index is -0.00318. The molecule has 2 aromatic carbocycles. The molecule has 132 valence electrons. The summed E-state index contributed by atoms with van der Waals surface area (Å²) in [5, 5.41) is 6.17. The Balaban J connectivity index is 1.37. The first-order valence-electron chi connectivity index (χ1n) is 8.75. The van der Waals surface area contributed by atoms with Gasteiger partial charge in [-0.3, -0.25) is 4.79 Å². The molecule has 0 aliphatic carbocycles. The van der Waals surface area contributed by atoms with Crippen molar-refractivity contribution in [3.63, 3.8) is 0 Å². The van der Waals surface area contributed by atoms with E-state index in [2.05, 4.69) is 10.6 Å². The fraction of sp³-hybridized carbons (Fsp3) is 0.350.